The highest BCUT2D eigenvalue weighted by Crippen LogP contribution is 2.36. The molecular formula is C17H20N2OS2. The lowest BCUT2D eigenvalue weighted by Crippen LogP contribution is -2.12. The van der Waals surface area contributed by atoms with Crippen LogP contribution in [0.2, 0.25) is 0 Å². The first-order valence-electron chi connectivity index (χ1n) is 7.20. The van der Waals surface area contributed by atoms with E-state index < -0.39 is 0 Å². The lowest BCUT2D eigenvalue weighted by atomic mass is 9.94. The van der Waals surface area contributed by atoms with Crippen LogP contribution in [0.3, 0.4) is 0 Å². The summed E-state index contributed by atoms with van der Waals surface area (Å²) in [5.41, 5.74) is 2.31. The maximum absolute atomic E-state index is 12.5. The molecule has 0 saturated heterocycles. The lowest BCUT2D eigenvalue weighted by Gasteiger charge is -2.15. The molecule has 5 heteroatoms. The molecule has 1 amide bonds. The highest BCUT2D eigenvalue weighted by molar-refractivity contribution is 7.16. The monoisotopic (exact) mass is 332 g/mol. The first kappa shape index (κ1) is 16.7. The van der Waals surface area contributed by atoms with E-state index in [-0.39, 0.29) is 11.3 Å². The van der Waals surface area contributed by atoms with Crippen molar-refractivity contribution in [2.45, 2.75) is 46.5 Å². The summed E-state index contributed by atoms with van der Waals surface area (Å²) in [6.07, 6.45) is 0.834. The van der Waals surface area contributed by atoms with Gasteiger partial charge in [-0.1, -0.05) is 27.7 Å². The van der Waals surface area contributed by atoms with Gasteiger partial charge >= 0.3 is 0 Å². The number of nitrogens with one attached hydrogen (secondary N) is 1. The Balaban J connectivity index is 2.33. The molecule has 0 atom stereocenters. The Morgan fingerprint density at radius 3 is 2.64 bits per heavy atom. The van der Waals surface area contributed by atoms with Crippen LogP contribution in [0.15, 0.2) is 11.4 Å². The smallest absolute Gasteiger partial charge is 0.257 e. The number of hydrogen-bond acceptors (Lipinski definition) is 4. The van der Waals surface area contributed by atoms with Crippen molar-refractivity contribution in [3.8, 4) is 6.07 Å². The number of carbonyl (C=O) groups excluding carboxylic acids is 1. The lowest BCUT2D eigenvalue weighted by molar-refractivity contribution is 0.102. The summed E-state index contributed by atoms with van der Waals surface area (Å²) in [4.78, 5) is 14.8. The number of amides is 1. The van der Waals surface area contributed by atoms with Gasteiger partial charge in [0.2, 0.25) is 0 Å². The molecule has 22 heavy (non-hydrogen) atoms. The molecule has 0 bridgehead atoms. The predicted molar refractivity (Wildman–Crippen MR) is 94.1 cm³/mol. The van der Waals surface area contributed by atoms with Crippen molar-refractivity contribution < 1.29 is 4.79 Å². The van der Waals surface area contributed by atoms with Gasteiger partial charge in [-0.05, 0) is 30.4 Å². The highest BCUT2D eigenvalue weighted by atomic mass is 32.1. The van der Waals surface area contributed by atoms with Crippen LogP contribution < -0.4 is 5.32 Å². The van der Waals surface area contributed by atoms with Crippen LogP contribution in [-0.2, 0) is 11.8 Å². The van der Waals surface area contributed by atoms with Crippen molar-refractivity contribution in [1.82, 2.24) is 0 Å². The van der Waals surface area contributed by atoms with Crippen molar-refractivity contribution in [3.05, 3.63) is 37.9 Å². The average Bonchev–Trinajstić information content (AvgIpc) is 3.01. The van der Waals surface area contributed by atoms with Crippen molar-refractivity contribution >= 4 is 33.6 Å². The van der Waals surface area contributed by atoms with Crippen molar-refractivity contribution in [2.24, 2.45) is 0 Å². The van der Waals surface area contributed by atoms with E-state index >= 15 is 0 Å². The second kappa shape index (κ2) is 6.23. The third-order valence-corrected chi connectivity index (χ3v) is 5.95. The Bertz CT molecular complexity index is 742. The molecule has 0 aromatic carbocycles. The second-order valence-electron chi connectivity index (χ2n) is 6.21. The Hall–Kier alpha value is -1.64. The molecule has 0 saturated carbocycles. The normalized spacial score (nSPS) is 11.3. The molecule has 0 aliphatic carbocycles. The summed E-state index contributed by atoms with van der Waals surface area (Å²) < 4.78 is 0. The van der Waals surface area contributed by atoms with Crippen LogP contribution in [0.25, 0.3) is 0 Å². The molecule has 2 rings (SSSR count). The number of nitriles is 1. The summed E-state index contributed by atoms with van der Waals surface area (Å²) >= 11 is 3.07. The Kier molecular flexibility index (Phi) is 4.74. The molecule has 0 aliphatic rings. The van der Waals surface area contributed by atoms with Gasteiger partial charge in [0.1, 0.15) is 11.1 Å². The number of anilines is 1. The van der Waals surface area contributed by atoms with Crippen molar-refractivity contribution in [1.29, 1.82) is 5.26 Å². The van der Waals surface area contributed by atoms with Gasteiger partial charge in [-0.3, -0.25) is 4.79 Å². The molecule has 0 spiro atoms. The maximum atomic E-state index is 12.5. The zero-order valence-corrected chi connectivity index (χ0v) is 15.2. The van der Waals surface area contributed by atoms with E-state index in [1.54, 1.807) is 11.3 Å². The minimum absolute atomic E-state index is 0.0349. The van der Waals surface area contributed by atoms with E-state index in [0.717, 1.165) is 22.4 Å². The predicted octanol–water partition coefficient (Wildman–Crippen LogP) is 5.10. The van der Waals surface area contributed by atoms with Crippen LogP contribution in [-0.4, -0.2) is 5.91 Å². The van der Waals surface area contributed by atoms with Crippen molar-refractivity contribution in [2.75, 3.05) is 5.32 Å². The standard InChI is InChI=1S/C17H20N2OS2/c1-6-12-10(2)21-9-13(12)15(20)19-16-11(8-18)7-14(22-16)17(3,4)5/h7,9H,6H2,1-5H3,(H,19,20). The van der Waals surface area contributed by atoms with Crippen LogP contribution >= 0.6 is 22.7 Å². The largest absolute Gasteiger partial charge is 0.312 e. The molecule has 1 N–H and O–H groups in total. The third kappa shape index (κ3) is 3.23. The van der Waals surface area contributed by atoms with E-state index in [2.05, 4.69) is 39.1 Å². The molecule has 3 nitrogen and oxygen atoms in total. The molecule has 116 valence electrons. The Morgan fingerprint density at radius 2 is 2.09 bits per heavy atom. The third-order valence-electron chi connectivity index (χ3n) is 3.52. The van der Waals surface area contributed by atoms with Crippen LogP contribution in [0.5, 0.6) is 0 Å². The second-order valence-corrected chi connectivity index (χ2v) is 8.34. The van der Waals surface area contributed by atoms with Crippen LogP contribution in [0.1, 0.15) is 58.9 Å². The molecule has 0 fully saturated rings. The van der Waals surface area contributed by atoms with E-state index in [9.17, 15) is 10.1 Å². The summed E-state index contributed by atoms with van der Waals surface area (Å²) in [6, 6.07) is 4.05. The minimum atomic E-state index is -0.125. The molecular weight excluding hydrogens is 312 g/mol. The number of carbonyl (C=O) groups is 1. The zero-order chi connectivity index (χ0) is 16.5. The SMILES string of the molecule is CCc1c(C(=O)Nc2sc(C(C)(C)C)cc2C#N)csc1C. The minimum Gasteiger partial charge on any atom is -0.312 e. The van der Waals surface area contributed by atoms with Gasteiger partial charge in [-0.25, -0.2) is 0 Å². The summed E-state index contributed by atoms with van der Waals surface area (Å²) in [5.74, 6) is -0.125. The molecule has 0 unspecified atom stereocenters. The topological polar surface area (TPSA) is 52.9 Å². The van der Waals surface area contributed by atoms with Gasteiger partial charge in [-0.2, -0.15) is 5.26 Å². The van der Waals surface area contributed by atoms with Crippen LogP contribution in [0.4, 0.5) is 5.00 Å². The molecule has 0 aliphatic heterocycles. The van der Waals surface area contributed by atoms with Crippen LogP contribution in [0, 0.1) is 18.3 Å². The molecule has 2 aromatic rings. The van der Waals surface area contributed by atoms with E-state index in [0.29, 0.717) is 10.6 Å². The highest BCUT2D eigenvalue weighted by Gasteiger charge is 2.22. The van der Waals surface area contributed by atoms with Gasteiger partial charge in [0.05, 0.1) is 11.1 Å². The van der Waals surface area contributed by atoms with Gasteiger partial charge in [0.25, 0.3) is 5.91 Å². The fourth-order valence-corrected chi connectivity index (χ4v) is 4.22. The van der Waals surface area contributed by atoms with Gasteiger partial charge in [0, 0.05) is 15.1 Å². The fourth-order valence-electron chi connectivity index (χ4n) is 2.22. The quantitative estimate of drug-likeness (QED) is 0.850. The van der Waals surface area contributed by atoms with Gasteiger partial charge in [0.15, 0.2) is 0 Å². The number of rotatable bonds is 3. The first-order valence-corrected chi connectivity index (χ1v) is 8.90. The average molecular weight is 332 g/mol. The molecule has 2 heterocycles. The number of thiophene rings is 2. The molecule has 0 radical (unpaired) electrons. The Labute approximate surface area is 139 Å². The summed E-state index contributed by atoms with van der Waals surface area (Å²) in [5, 5.41) is 14.8. The number of hydrogen-bond donors (Lipinski definition) is 1. The van der Waals surface area contributed by atoms with E-state index in [1.807, 2.05) is 18.4 Å². The van der Waals surface area contributed by atoms with Gasteiger partial charge < -0.3 is 5.32 Å². The zero-order valence-electron chi connectivity index (χ0n) is 13.5. The number of aryl methyl sites for hydroxylation is 1. The first-order chi connectivity index (χ1) is 10.3. The molecule has 2 aromatic heterocycles. The fraction of sp³-hybridized carbons (Fsp3) is 0.412. The van der Waals surface area contributed by atoms with Gasteiger partial charge in [-0.15, -0.1) is 22.7 Å². The Morgan fingerprint density at radius 1 is 1.41 bits per heavy atom. The summed E-state index contributed by atoms with van der Waals surface area (Å²) in [7, 11) is 0. The van der Waals surface area contributed by atoms with Crippen molar-refractivity contribution in [3.63, 3.8) is 0 Å². The summed E-state index contributed by atoms with van der Waals surface area (Å²) in [6.45, 7) is 10.4. The maximum Gasteiger partial charge on any atom is 0.257 e. The number of nitrogens with zero attached hydrogens (tertiary/aromatic N) is 1. The van der Waals surface area contributed by atoms with E-state index in [1.165, 1.54) is 16.2 Å². The van der Waals surface area contributed by atoms with E-state index in [4.69, 9.17) is 0 Å².